The largest absolute Gasteiger partial charge is 0.383 e. The van der Waals surface area contributed by atoms with Crippen molar-refractivity contribution in [2.75, 3.05) is 25.2 Å². The molecule has 0 radical (unpaired) electrons. The van der Waals surface area contributed by atoms with Crippen LogP contribution in [-0.4, -0.2) is 37.1 Å². The minimum absolute atomic E-state index is 0.00599. The standard InChI is InChI=1S/C13H22N4O/c1-4-10(2)17(7-8-18-3)11-5-6-12(13(14)15)16-9-11/h5-6,9-10H,4,7-8H2,1-3H3,(H3,14,15). The fraction of sp³-hybridized carbons (Fsp3) is 0.538. The number of pyridine rings is 1. The zero-order valence-corrected chi connectivity index (χ0v) is 11.3. The van der Waals surface area contributed by atoms with E-state index in [1.54, 1.807) is 19.4 Å². The van der Waals surface area contributed by atoms with Gasteiger partial charge in [0.25, 0.3) is 0 Å². The number of nitrogens with zero attached hydrogens (tertiary/aromatic N) is 2. The van der Waals surface area contributed by atoms with Gasteiger partial charge in [-0.25, -0.2) is 0 Å². The molecule has 0 saturated heterocycles. The number of ether oxygens (including phenoxy) is 1. The number of hydrogen-bond acceptors (Lipinski definition) is 4. The molecule has 1 heterocycles. The van der Waals surface area contributed by atoms with Gasteiger partial charge in [0.15, 0.2) is 0 Å². The molecule has 1 rings (SSSR count). The second-order valence-corrected chi connectivity index (χ2v) is 4.26. The molecule has 1 atom stereocenters. The minimum atomic E-state index is -0.00599. The lowest BCUT2D eigenvalue weighted by Gasteiger charge is -2.30. The molecule has 18 heavy (non-hydrogen) atoms. The Morgan fingerprint density at radius 2 is 2.28 bits per heavy atom. The normalized spacial score (nSPS) is 12.2. The van der Waals surface area contributed by atoms with Crippen LogP contribution in [-0.2, 0) is 4.74 Å². The molecular weight excluding hydrogens is 228 g/mol. The smallest absolute Gasteiger partial charge is 0.141 e. The molecule has 0 aromatic carbocycles. The van der Waals surface area contributed by atoms with Crippen molar-refractivity contribution in [2.24, 2.45) is 5.73 Å². The first-order valence-corrected chi connectivity index (χ1v) is 6.16. The zero-order valence-electron chi connectivity index (χ0n) is 11.3. The maximum absolute atomic E-state index is 7.33. The van der Waals surface area contributed by atoms with E-state index in [0.717, 1.165) is 18.7 Å². The summed E-state index contributed by atoms with van der Waals surface area (Å²) in [5.41, 5.74) is 6.94. The molecular formula is C13H22N4O. The SMILES string of the molecule is CCC(C)N(CCOC)c1ccc(C(=N)N)nc1. The van der Waals surface area contributed by atoms with Gasteiger partial charge in [-0.2, -0.15) is 0 Å². The Labute approximate surface area is 108 Å². The third-order valence-corrected chi connectivity index (χ3v) is 3.01. The van der Waals surface area contributed by atoms with Gasteiger partial charge in [0.05, 0.1) is 18.5 Å². The van der Waals surface area contributed by atoms with Crippen LogP contribution in [0.3, 0.4) is 0 Å². The number of hydrogen-bond donors (Lipinski definition) is 2. The molecule has 5 heteroatoms. The van der Waals surface area contributed by atoms with Crippen LogP contribution in [0.1, 0.15) is 26.0 Å². The summed E-state index contributed by atoms with van der Waals surface area (Å²) in [7, 11) is 1.70. The zero-order chi connectivity index (χ0) is 13.5. The quantitative estimate of drug-likeness (QED) is 0.569. The Morgan fingerprint density at radius 3 is 2.72 bits per heavy atom. The molecule has 0 aliphatic heterocycles. The number of nitrogens with two attached hydrogens (primary N) is 1. The first kappa shape index (κ1) is 14.4. The van der Waals surface area contributed by atoms with Gasteiger partial charge in [-0.3, -0.25) is 10.4 Å². The molecule has 3 N–H and O–H groups in total. The van der Waals surface area contributed by atoms with Gasteiger partial charge >= 0.3 is 0 Å². The highest BCUT2D eigenvalue weighted by Crippen LogP contribution is 2.17. The van der Waals surface area contributed by atoms with Crippen molar-refractivity contribution in [3.05, 3.63) is 24.0 Å². The van der Waals surface area contributed by atoms with Crippen LogP contribution in [0.4, 0.5) is 5.69 Å². The van der Waals surface area contributed by atoms with Gasteiger partial charge in [-0.05, 0) is 25.5 Å². The van der Waals surface area contributed by atoms with E-state index in [4.69, 9.17) is 15.9 Å². The second kappa shape index (κ2) is 6.96. The molecule has 0 spiro atoms. The molecule has 1 aromatic rings. The van der Waals surface area contributed by atoms with Crippen LogP contribution in [0.5, 0.6) is 0 Å². The first-order valence-electron chi connectivity index (χ1n) is 6.16. The van der Waals surface area contributed by atoms with Crippen LogP contribution in [0, 0.1) is 5.41 Å². The topological polar surface area (TPSA) is 75.2 Å². The van der Waals surface area contributed by atoms with Crippen molar-refractivity contribution in [1.82, 2.24) is 4.98 Å². The Bertz CT molecular complexity index is 377. The summed E-state index contributed by atoms with van der Waals surface area (Å²) < 4.78 is 5.13. The van der Waals surface area contributed by atoms with Crippen LogP contribution >= 0.6 is 0 Å². The van der Waals surface area contributed by atoms with Crippen LogP contribution in [0.15, 0.2) is 18.3 Å². The van der Waals surface area contributed by atoms with Gasteiger partial charge in [-0.15, -0.1) is 0 Å². The fourth-order valence-corrected chi connectivity index (χ4v) is 1.73. The number of nitrogen functional groups attached to an aromatic ring is 1. The Balaban J connectivity index is 2.87. The highest BCUT2D eigenvalue weighted by atomic mass is 16.5. The summed E-state index contributed by atoms with van der Waals surface area (Å²) in [6, 6.07) is 4.15. The van der Waals surface area contributed by atoms with Crippen LogP contribution < -0.4 is 10.6 Å². The van der Waals surface area contributed by atoms with Crippen molar-refractivity contribution in [1.29, 1.82) is 5.41 Å². The van der Waals surface area contributed by atoms with Crippen molar-refractivity contribution >= 4 is 11.5 Å². The molecule has 0 fully saturated rings. The summed E-state index contributed by atoms with van der Waals surface area (Å²) >= 11 is 0. The van der Waals surface area contributed by atoms with Crippen molar-refractivity contribution < 1.29 is 4.74 Å². The van der Waals surface area contributed by atoms with E-state index >= 15 is 0 Å². The van der Waals surface area contributed by atoms with E-state index in [0.29, 0.717) is 18.3 Å². The molecule has 100 valence electrons. The fourth-order valence-electron chi connectivity index (χ4n) is 1.73. The van der Waals surface area contributed by atoms with Crippen molar-refractivity contribution in [3.63, 3.8) is 0 Å². The Morgan fingerprint density at radius 1 is 1.56 bits per heavy atom. The maximum Gasteiger partial charge on any atom is 0.141 e. The van der Waals surface area contributed by atoms with Gasteiger partial charge in [0, 0.05) is 19.7 Å². The monoisotopic (exact) mass is 250 g/mol. The third kappa shape index (κ3) is 3.70. The average Bonchev–Trinajstić information content (AvgIpc) is 2.39. The van der Waals surface area contributed by atoms with Crippen LogP contribution in [0.25, 0.3) is 0 Å². The van der Waals surface area contributed by atoms with Crippen LogP contribution in [0.2, 0.25) is 0 Å². The maximum atomic E-state index is 7.33. The molecule has 5 nitrogen and oxygen atoms in total. The van der Waals surface area contributed by atoms with E-state index in [9.17, 15) is 0 Å². The predicted molar refractivity (Wildman–Crippen MR) is 74.2 cm³/mol. The van der Waals surface area contributed by atoms with Gasteiger partial charge in [-0.1, -0.05) is 6.92 Å². The first-order chi connectivity index (χ1) is 8.60. The van der Waals surface area contributed by atoms with Gasteiger partial charge < -0.3 is 15.4 Å². The summed E-state index contributed by atoms with van der Waals surface area (Å²) in [5, 5.41) is 7.33. The summed E-state index contributed by atoms with van der Waals surface area (Å²) in [6.07, 6.45) is 2.82. The number of aromatic nitrogens is 1. The molecule has 0 aliphatic rings. The lowest BCUT2D eigenvalue weighted by atomic mass is 10.2. The Kier molecular flexibility index (Phi) is 5.58. The van der Waals surface area contributed by atoms with Crippen molar-refractivity contribution in [3.8, 4) is 0 Å². The minimum Gasteiger partial charge on any atom is -0.383 e. The highest BCUT2D eigenvalue weighted by Gasteiger charge is 2.13. The number of nitrogens with one attached hydrogen (secondary N) is 1. The van der Waals surface area contributed by atoms with Crippen molar-refractivity contribution in [2.45, 2.75) is 26.3 Å². The number of methoxy groups -OCH3 is 1. The lowest BCUT2D eigenvalue weighted by Crippen LogP contribution is -2.35. The van der Waals surface area contributed by atoms with E-state index in [2.05, 4.69) is 23.7 Å². The number of rotatable bonds is 7. The average molecular weight is 250 g/mol. The lowest BCUT2D eigenvalue weighted by molar-refractivity contribution is 0.203. The molecule has 1 aromatic heterocycles. The summed E-state index contributed by atoms with van der Waals surface area (Å²) in [6.45, 7) is 5.84. The number of anilines is 1. The van der Waals surface area contributed by atoms with Gasteiger partial charge in [0.2, 0.25) is 0 Å². The number of amidine groups is 1. The molecule has 1 unspecified atom stereocenters. The molecule has 0 saturated carbocycles. The molecule has 0 bridgehead atoms. The summed E-state index contributed by atoms with van der Waals surface area (Å²) in [5.74, 6) is -0.00599. The van der Waals surface area contributed by atoms with E-state index in [-0.39, 0.29) is 5.84 Å². The van der Waals surface area contributed by atoms with E-state index in [1.807, 2.05) is 6.07 Å². The van der Waals surface area contributed by atoms with Gasteiger partial charge in [0.1, 0.15) is 11.5 Å². The highest BCUT2D eigenvalue weighted by molar-refractivity contribution is 5.93. The molecule has 0 amide bonds. The third-order valence-electron chi connectivity index (χ3n) is 3.01. The second-order valence-electron chi connectivity index (χ2n) is 4.26. The predicted octanol–water partition coefficient (Wildman–Crippen LogP) is 1.62. The van der Waals surface area contributed by atoms with E-state index < -0.39 is 0 Å². The van der Waals surface area contributed by atoms with E-state index in [1.165, 1.54) is 0 Å². The Hall–Kier alpha value is -1.62. The summed E-state index contributed by atoms with van der Waals surface area (Å²) in [4.78, 5) is 6.44. The molecule has 0 aliphatic carbocycles.